The Labute approximate surface area is 134 Å². The van der Waals surface area contributed by atoms with Gasteiger partial charge in [0.05, 0.1) is 12.9 Å². The summed E-state index contributed by atoms with van der Waals surface area (Å²) in [5, 5.41) is 8.80. The Morgan fingerprint density at radius 3 is 2.45 bits per heavy atom. The smallest absolute Gasteiger partial charge is 0.303 e. The van der Waals surface area contributed by atoms with Gasteiger partial charge in [-0.3, -0.25) is 9.59 Å². The molecule has 1 amide bonds. The van der Waals surface area contributed by atoms with Crippen molar-refractivity contribution >= 4 is 23.6 Å². The van der Waals surface area contributed by atoms with E-state index in [0.29, 0.717) is 18.8 Å². The standard InChI is InChI=1S/C16H21NO4S/c1-21-13-2-4-14(5-3-13)22-11-15(18)17-8-6-12(7-9-17)10-16(19)20/h2-5,12H,6-11H2,1H3,(H,19,20). The molecule has 6 heteroatoms. The summed E-state index contributed by atoms with van der Waals surface area (Å²) in [5.41, 5.74) is 0. The van der Waals surface area contributed by atoms with Crippen LogP contribution in [-0.4, -0.2) is 47.8 Å². The molecular weight excluding hydrogens is 302 g/mol. The molecule has 22 heavy (non-hydrogen) atoms. The van der Waals surface area contributed by atoms with Crippen LogP contribution >= 0.6 is 11.8 Å². The topological polar surface area (TPSA) is 66.8 Å². The summed E-state index contributed by atoms with van der Waals surface area (Å²) in [6.07, 6.45) is 1.78. The molecule has 0 bridgehead atoms. The van der Waals surface area contributed by atoms with Crippen LogP contribution in [0.15, 0.2) is 29.2 Å². The fraction of sp³-hybridized carbons (Fsp3) is 0.500. The molecule has 1 aromatic rings. The van der Waals surface area contributed by atoms with E-state index in [2.05, 4.69) is 0 Å². The van der Waals surface area contributed by atoms with Gasteiger partial charge in [0, 0.05) is 24.4 Å². The molecule has 1 heterocycles. The van der Waals surface area contributed by atoms with Gasteiger partial charge in [0.2, 0.25) is 5.91 Å². The van der Waals surface area contributed by atoms with Gasteiger partial charge in [0.15, 0.2) is 0 Å². The second-order valence-electron chi connectivity index (χ2n) is 5.39. The Morgan fingerprint density at radius 1 is 1.27 bits per heavy atom. The van der Waals surface area contributed by atoms with Gasteiger partial charge in [0.1, 0.15) is 5.75 Å². The third kappa shape index (κ3) is 4.94. The predicted octanol–water partition coefficient (Wildman–Crippen LogP) is 2.50. The van der Waals surface area contributed by atoms with Crippen molar-refractivity contribution in [2.24, 2.45) is 5.92 Å². The minimum absolute atomic E-state index is 0.120. The highest BCUT2D eigenvalue weighted by atomic mass is 32.2. The third-order valence-corrected chi connectivity index (χ3v) is 4.85. The number of carboxylic acid groups (broad SMARTS) is 1. The minimum atomic E-state index is -0.750. The molecule has 0 unspecified atom stereocenters. The van der Waals surface area contributed by atoms with Crippen molar-refractivity contribution in [3.63, 3.8) is 0 Å². The van der Waals surface area contributed by atoms with Gasteiger partial charge >= 0.3 is 5.97 Å². The Hall–Kier alpha value is -1.69. The molecule has 1 aromatic carbocycles. The van der Waals surface area contributed by atoms with Gasteiger partial charge in [-0.15, -0.1) is 11.8 Å². The van der Waals surface area contributed by atoms with E-state index in [1.807, 2.05) is 29.2 Å². The molecule has 5 nitrogen and oxygen atoms in total. The molecule has 120 valence electrons. The minimum Gasteiger partial charge on any atom is -0.497 e. The summed E-state index contributed by atoms with van der Waals surface area (Å²) >= 11 is 1.51. The number of rotatable bonds is 6. The number of carboxylic acids is 1. The van der Waals surface area contributed by atoms with E-state index in [9.17, 15) is 9.59 Å². The number of piperidine rings is 1. The van der Waals surface area contributed by atoms with Crippen LogP contribution < -0.4 is 4.74 Å². The number of ether oxygens (including phenoxy) is 1. The summed E-state index contributed by atoms with van der Waals surface area (Å²) < 4.78 is 5.10. The van der Waals surface area contributed by atoms with E-state index >= 15 is 0 Å². The fourth-order valence-electron chi connectivity index (χ4n) is 2.54. The number of hydrogen-bond acceptors (Lipinski definition) is 4. The molecule has 1 fully saturated rings. The molecule has 2 rings (SSSR count). The summed E-state index contributed by atoms with van der Waals surface area (Å²) in [5.74, 6) is 0.789. The van der Waals surface area contributed by atoms with Gasteiger partial charge in [-0.05, 0) is 43.0 Å². The zero-order valence-corrected chi connectivity index (χ0v) is 13.5. The Bertz CT molecular complexity index is 509. The largest absolute Gasteiger partial charge is 0.497 e. The number of hydrogen-bond donors (Lipinski definition) is 1. The summed E-state index contributed by atoms with van der Waals surface area (Å²) in [4.78, 5) is 25.8. The lowest BCUT2D eigenvalue weighted by Gasteiger charge is -2.31. The lowest BCUT2D eigenvalue weighted by molar-refractivity contribution is -0.138. The van der Waals surface area contributed by atoms with E-state index in [-0.39, 0.29) is 18.2 Å². The van der Waals surface area contributed by atoms with Crippen LogP contribution in [0.25, 0.3) is 0 Å². The molecule has 0 aliphatic carbocycles. The number of aliphatic carboxylic acids is 1. The Morgan fingerprint density at radius 2 is 1.91 bits per heavy atom. The van der Waals surface area contributed by atoms with E-state index in [4.69, 9.17) is 9.84 Å². The summed E-state index contributed by atoms with van der Waals surface area (Å²) in [7, 11) is 1.62. The molecule has 0 saturated carbocycles. The van der Waals surface area contributed by atoms with Crippen molar-refractivity contribution in [2.75, 3.05) is 26.0 Å². The number of carbonyl (C=O) groups excluding carboxylic acids is 1. The van der Waals surface area contributed by atoms with Crippen molar-refractivity contribution in [1.82, 2.24) is 4.90 Å². The average molecular weight is 323 g/mol. The second kappa shape index (κ2) is 8.08. The first kappa shape index (κ1) is 16.7. The quantitative estimate of drug-likeness (QED) is 0.815. The van der Waals surface area contributed by atoms with Gasteiger partial charge in [-0.1, -0.05) is 0 Å². The number of amides is 1. The molecule has 1 saturated heterocycles. The van der Waals surface area contributed by atoms with Crippen LogP contribution in [0.4, 0.5) is 0 Å². The zero-order chi connectivity index (χ0) is 15.9. The van der Waals surface area contributed by atoms with Gasteiger partial charge < -0.3 is 14.7 Å². The monoisotopic (exact) mass is 323 g/mol. The van der Waals surface area contributed by atoms with Crippen LogP contribution in [0.3, 0.4) is 0 Å². The van der Waals surface area contributed by atoms with E-state index in [1.165, 1.54) is 11.8 Å². The first-order valence-corrected chi connectivity index (χ1v) is 8.33. The molecule has 1 aliphatic heterocycles. The van der Waals surface area contributed by atoms with E-state index in [0.717, 1.165) is 23.5 Å². The van der Waals surface area contributed by atoms with Crippen LogP contribution in [0.2, 0.25) is 0 Å². The maximum absolute atomic E-state index is 12.2. The molecule has 0 spiro atoms. The van der Waals surface area contributed by atoms with Gasteiger partial charge in [-0.2, -0.15) is 0 Å². The highest BCUT2D eigenvalue weighted by Crippen LogP contribution is 2.24. The Balaban J connectivity index is 1.74. The molecule has 0 radical (unpaired) electrons. The molecule has 1 N–H and O–H groups in total. The summed E-state index contributed by atoms with van der Waals surface area (Å²) in [6.45, 7) is 1.33. The SMILES string of the molecule is COc1ccc(SCC(=O)N2CCC(CC(=O)O)CC2)cc1. The average Bonchev–Trinajstić information content (AvgIpc) is 2.53. The highest BCUT2D eigenvalue weighted by molar-refractivity contribution is 8.00. The summed E-state index contributed by atoms with van der Waals surface area (Å²) in [6, 6.07) is 7.64. The number of carbonyl (C=O) groups is 2. The lowest BCUT2D eigenvalue weighted by Crippen LogP contribution is -2.39. The second-order valence-corrected chi connectivity index (χ2v) is 6.43. The van der Waals surface area contributed by atoms with Crippen molar-refractivity contribution < 1.29 is 19.4 Å². The fourth-order valence-corrected chi connectivity index (χ4v) is 3.34. The maximum Gasteiger partial charge on any atom is 0.303 e. The van der Waals surface area contributed by atoms with Gasteiger partial charge in [-0.25, -0.2) is 0 Å². The number of thioether (sulfide) groups is 1. The highest BCUT2D eigenvalue weighted by Gasteiger charge is 2.24. The number of benzene rings is 1. The molecule has 1 aliphatic rings. The maximum atomic E-state index is 12.2. The van der Waals surface area contributed by atoms with Crippen LogP contribution in [0, 0.1) is 5.92 Å². The van der Waals surface area contributed by atoms with Crippen LogP contribution in [-0.2, 0) is 9.59 Å². The third-order valence-electron chi connectivity index (χ3n) is 3.85. The Kier molecular flexibility index (Phi) is 6.12. The zero-order valence-electron chi connectivity index (χ0n) is 12.7. The van der Waals surface area contributed by atoms with E-state index < -0.39 is 5.97 Å². The first-order valence-electron chi connectivity index (χ1n) is 7.35. The number of methoxy groups -OCH3 is 1. The van der Waals surface area contributed by atoms with E-state index in [1.54, 1.807) is 7.11 Å². The molecule has 0 aromatic heterocycles. The first-order chi connectivity index (χ1) is 10.6. The number of likely N-dealkylation sites (tertiary alicyclic amines) is 1. The van der Waals surface area contributed by atoms with Crippen molar-refractivity contribution in [3.05, 3.63) is 24.3 Å². The molecule has 0 atom stereocenters. The van der Waals surface area contributed by atoms with Crippen LogP contribution in [0.5, 0.6) is 5.75 Å². The van der Waals surface area contributed by atoms with Gasteiger partial charge in [0.25, 0.3) is 0 Å². The number of nitrogens with zero attached hydrogens (tertiary/aromatic N) is 1. The lowest BCUT2D eigenvalue weighted by atomic mass is 9.94. The van der Waals surface area contributed by atoms with Crippen LogP contribution in [0.1, 0.15) is 19.3 Å². The van der Waals surface area contributed by atoms with Crippen molar-refractivity contribution in [2.45, 2.75) is 24.2 Å². The van der Waals surface area contributed by atoms with Crippen molar-refractivity contribution in [3.8, 4) is 5.75 Å². The normalized spacial score (nSPS) is 15.6. The molecular formula is C16H21NO4S. The predicted molar refractivity (Wildman–Crippen MR) is 85.3 cm³/mol. The van der Waals surface area contributed by atoms with Crippen molar-refractivity contribution in [1.29, 1.82) is 0 Å².